The van der Waals surface area contributed by atoms with E-state index in [2.05, 4.69) is 15.9 Å². The molecule has 0 amide bonds. The monoisotopic (exact) mass is 466 g/mol. The minimum Gasteiger partial charge on any atom is -0.347 e. The molecule has 1 aromatic heterocycles. The summed E-state index contributed by atoms with van der Waals surface area (Å²) in [4.78, 5) is 0. The molecule has 2 atom stereocenters. The Labute approximate surface area is 169 Å². The summed E-state index contributed by atoms with van der Waals surface area (Å²) in [5.74, 6) is -1.70. The van der Waals surface area contributed by atoms with E-state index in [-0.39, 0.29) is 16.3 Å². The molecule has 0 aliphatic carbocycles. The first-order valence-corrected chi connectivity index (χ1v) is 10.7. The van der Waals surface area contributed by atoms with Crippen LogP contribution in [0, 0.1) is 11.2 Å². The molecule has 152 valence electrons. The standard InChI is InChI=1S/C19H26BrF3N2OS/c1-18(2,3)10-25-9-13(11-6-15(21)14(20)7-16(11)25)12(17(22)23)8-19(4,5)27(24)26/h6-7,9,12,17H,8,10,24H2,1-5H3/t12-,27?/m0/s1. The minimum absolute atomic E-state index is 0.0694. The van der Waals surface area contributed by atoms with E-state index in [1.807, 2.05) is 25.3 Å². The predicted molar refractivity (Wildman–Crippen MR) is 109 cm³/mol. The first-order chi connectivity index (χ1) is 12.2. The van der Waals surface area contributed by atoms with Crippen LogP contribution in [0.5, 0.6) is 0 Å². The fraction of sp³-hybridized carbons (Fsp3) is 0.579. The average Bonchev–Trinajstić information content (AvgIpc) is 2.81. The summed E-state index contributed by atoms with van der Waals surface area (Å²) in [7, 11) is -1.76. The van der Waals surface area contributed by atoms with Crippen molar-refractivity contribution in [3.05, 3.63) is 34.2 Å². The van der Waals surface area contributed by atoms with E-state index in [9.17, 15) is 17.4 Å². The Kier molecular flexibility index (Phi) is 6.54. The highest BCUT2D eigenvalue weighted by Crippen LogP contribution is 2.40. The van der Waals surface area contributed by atoms with E-state index in [4.69, 9.17) is 5.14 Å². The molecule has 1 unspecified atom stereocenters. The molecule has 0 aliphatic heterocycles. The van der Waals surface area contributed by atoms with Crippen LogP contribution in [-0.2, 0) is 17.5 Å². The molecule has 1 heterocycles. The largest absolute Gasteiger partial charge is 0.347 e. The van der Waals surface area contributed by atoms with Crippen molar-refractivity contribution in [3.63, 3.8) is 0 Å². The molecular formula is C19H26BrF3N2OS. The van der Waals surface area contributed by atoms with Gasteiger partial charge in [-0.05, 0) is 59.3 Å². The molecule has 2 aromatic rings. The Hall–Kier alpha value is -0.860. The maximum Gasteiger partial charge on any atom is 0.245 e. The third kappa shape index (κ3) is 5.15. The number of aromatic nitrogens is 1. The highest BCUT2D eigenvalue weighted by atomic mass is 79.9. The molecule has 0 radical (unpaired) electrons. The van der Waals surface area contributed by atoms with Crippen molar-refractivity contribution in [1.82, 2.24) is 4.57 Å². The fourth-order valence-corrected chi connectivity index (χ4v) is 3.87. The number of hydrogen-bond donors (Lipinski definition) is 1. The van der Waals surface area contributed by atoms with Gasteiger partial charge in [0, 0.05) is 29.6 Å². The normalized spacial score (nSPS) is 15.5. The summed E-state index contributed by atoms with van der Waals surface area (Å²) in [5.41, 5.74) is 0.947. The molecule has 0 aliphatic rings. The third-order valence-electron chi connectivity index (χ3n) is 4.56. The molecule has 0 saturated heterocycles. The van der Waals surface area contributed by atoms with Crippen LogP contribution in [0.4, 0.5) is 13.2 Å². The second kappa shape index (κ2) is 7.87. The number of alkyl halides is 2. The predicted octanol–water partition coefficient (Wildman–Crippen LogP) is 5.73. The summed E-state index contributed by atoms with van der Waals surface area (Å²) >= 11 is 3.18. The lowest BCUT2D eigenvalue weighted by molar-refractivity contribution is 0.106. The highest BCUT2D eigenvalue weighted by molar-refractivity contribution is 9.10. The Bertz CT molecular complexity index is 859. The molecule has 0 saturated carbocycles. The van der Waals surface area contributed by atoms with E-state index in [1.165, 1.54) is 6.07 Å². The van der Waals surface area contributed by atoms with Gasteiger partial charge in [-0.15, -0.1) is 0 Å². The zero-order valence-corrected chi connectivity index (χ0v) is 18.6. The van der Waals surface area contributed by atoms with Gasteiger partial charge in [-0.2, -0.15) is 0 Å². The number of nitrogens with zero attached hydrogens (tertiary/aromatic N) is 1. The first-order valence-electron chi connectivity index (χ1n) is 8.65. The molecule has 0 fully saturated rings. The van der Waals surface area contributed by atoms with Crippen molar-refractivity contribution in [2.75, 3.05) is 0 Å². The van der Waals surface area contributed by atoms with E-state index < -0.39 is 33.9 Å². The zero-order chi connectivity index (χ0) is 20.7. The number of nitrogens with two attached hydrogens (primary N) is 1. The molecule has 27 heavy (non-hydrogen) atoms. The van der Waals surface area contributed by atoms with Crippen molar-refractivity contribution in [2.45, 2.75) is 64.7 Å². The van der Waals surface area contributed by atoms with Gasteiger partial charge in [0.05, 0.1) is 20.2 Å². The number of benzene rings is 1. The van der Waals surface area contributed by atoms with Crippen molar-refractivity contribution in [2.24, 2.45) is 10.6 Å². The van der Waals surface area contributed by atoms with Gasteiger partial charge in [0.15, 0.2) is 0 Å². The van der Waals surface area contributed by atoms with Crippen LogP contribution in [0.3, 0.4) is 0 Å². The van der Waals surface area contributed by atoms with Crippen LogP contribution in [0.1, 0.15) is 52.5 Å². The van der Waals surface area contributed by atoms with Crippen LogP contribution >= 0.6 is 15.9 Å². The summed E-state index contributed by atoms with van der Waals surface area (Å²) in [6.07, 6.45) is -1.08. The Morgan fingerprint density at radius 3 is 2.30 bits per heavy atom. The quantitative estimate of drug-likeness (QED) is 0.580. The molecule has 0 bridgehead atoms. The maximum absolute atomic E-state index is 14.2. The van der Waals surface area contributed by atoms with Gasteiger partial charge in [0.1, 0.15) is 5.82 Å². The van der Waals surface area contributed by atoms with Crippen molar-refractivity contribution >= 4 is 37.8 Å². The van der Waals surface area contributed by atoms with Crippen LogP contribution in [0.25, 0.3) is 10.9 Å². The highest BCUT2D eigenvalue weighted by Gasteiger charge is 2.35. The van der Waals surface area contributed by atoms with Crippen molar-refractivity contribution < 1.29 is 17.4 Å². The molecule has 0 spiro atoms. The van der Waals surface area contributed by atoms with Crippen LogP contribution < -0.4 is 5.14 Å². The lowest BCUT2D eigenvalue weighted by atomic mass is 9.90. The summed E-state index contributed by atoms with van der Waals surface area (Å²) in [6.45, 7) is 9.92. The number of fused-ring (bicyclic) bond motifs is 1. The van der Waals surface area contributed by atoms with Crippen molar-refractivity contribution in [3.8, 4) is 0 Å². The number of hydrogen-bond acceptors (Lipinski definition) is 1. The molecule has 3 nitrogen and oxygen atoms in total. The first kappa shape index (κ1) is 22.4. The van der Waals surface area contributed by atoms with E-state index in [0.29, 0.717) is 23.0 Å². The van der Waals surface area contributed by atoms with Gasteiger partial charge < -0.3 is 4.57 Å². The Balaban J connectivity index is 2.67. The second-order valence-corrected chi connectivity index (χ2v) is 11.3. The lowest BCUT2D eigenvalue weighted by Gasteiger charge is -2.27. The molecule has 1 aromatic carbocycles. The maximum atomic E-state index is 14.2. The number of rotatable bonds is 6. The third-order valence-corrected chi connectivity index (χ3v) is 6.42. The van der Waals surface area contributed by atoms with E-state index in [1.54, 1.807) is 26.1 Å². The Morgan fingerprint density at radius 1 is 1.22 bits per heavy atom. The van der Waals surface area contributed by atoms with Gasteiger partial charge in [-0.25, -0.2) is 17.4 Å². The van der Waals surface area contributed by atoms with Gasteiger partial charge in [-0.1, -0.05) is 20.8 Å². The SMILES string of the molecule is CC(C)(C)Cn1cc([C@H](CC(C)(C)S(N)=O)C(F)F)c2cc(F)c(Br)cc21. The second-order valence-electron chi connectivity index (χ2n) is 8.76. The molecular weight excluding hydrogens is 441 g/mol. The summed E-state index contributed by atoms with van der Waals surface area (Å²) < 4.78 is 55.1. The van der Waals surface area contributed by atoms with E-state index in [0.717, 1.165) is 0 Å². The topological polar surface area (TPSA) is 48.0 Å². The number of halogens is 4. The minimum atomic E-state index is -2.69. The van der Waals surface area contributed by atoms with Crippen LogP contribution in [-0.4, -0.2) is 19.9 Å². The van der Waals surface area contributed by atoms with Gasteiger partial charge in [0.2, 0.25) is 6.43 Å². The molecule has 2 N–H and O–H groups in total. The van der Waals surface area contributed by atoms with Crippen molar-refractivity contribution in [1.29, 1.82) is 0 Å². The summed E-state index contributed by atoms with van der Waals surface area (Å²) in [6, 6.07) is 2.91. The van der Waals surface area contributed by atoms with Gasteiger partial charge in [-0.3, -0.25) is 5.14 Å². The zero-order valence-electron chi connectivity index (χ0n) is 16.2. The van der Waals surface area contributed by atoms with Crippen LogP contribution in [0.2, 0.25) is 0 Å². The Morgan fingerprint density at radius 2 is 1.81 bits per heavy atom. The fourth-order valence-electron chi connectivity index (χ4n) is 3.20. The van der Waals surface area contributed by atoms with Crippen LogP contribution in [0.15, 0.2) is 22.8 Å². The van der Waals surface area contributed by atoms with Gasteiger partial charge in [0.25, 0.3) is 0 Å². The average molecular weight is 467 g/mol. The van der Waals surface area contributed by atoms with E-state index >= 15 is 0 Å². The lowest BCUT2D eigenvalue weighted by Crippen LogP contribution is -2.35. The van der Waals surface area contributed by atoms with Gasteiger partial charge >= 0.3 is 0 Å². The molecule has 8 heteroatoms. The smallest absolute Gasteiger partial charge is 0.245 e. The molecule has 2 rings (SSSR count). The summed E-state index contributed by atoms with van der Waals surface area (Å²) in [5, 5.41) is 5.95.